The topological polar surface area (TPSA) is 32.3 Å². The van der Waals surface area contributed by atoms with Gasteiger partial charge in [-0.25, -0.2) is 0 Å². The number of nitrogens with zero attached hydrogens (tertiary/aromatic N) is 1. The highest BCUT2D eigenvalue weighted by molar-refractivity contribution is 5.78. The van der Waals surface area contributed by atoms with Gasteiger partial charge in [0, 0.05) is 12.1 Å². The van der Waals surface area contributed by atoms with E-state index in [0.29, 0.717) is 12.6 Å². The molecule has 0 heterocycles. The largest absolute Gasteiger partial charge is 0.353 e. The summed E-state index contributed by atoms with van der Waals surface area (Å²) in [4.78, 5) is 13.9. The predicted octanol–water partition coefficient (Wildman–Crippen LogP) is 2.13. The molecule has 1 atom stereocenters. The monoisotopic (exact) mass is 246 g/mol. The summed E-state index contributed by atoms with van der Waals surface area (Å²) in [6.07, 6.45) is 2.24. The zero-order chi connectivity index (χ0) is 13.1. The first-order valence-corrected chi connectivity index (χ1v) is 6.65. The van der Waals surface area contributed by atoms with E-state index in [1.807, 2.05) is 20.9 Å². The summed E-state index contributed by atoms with van der Waals surface area (Å²) in [7, 11) is 2.03. The van der Waals surface area contributed by atoms with E-state index < -0.39 is 0 Å². The number of aryl methyl sites for hydroxylation is 1. The van der Waals surface area contributed by atoms with E-state index in [-0.39, 0.29) is 11.9 Å². The Morgan fingerprint density at radius 2 is 2.17 bits per heavy atom. The predicted molar refractivity (Wildman–Crippen MR) is 73.4 cm³/mol. The Labute approximate surface area is 109 Å². The molecule has 1 unspecified atom stereocenters. The number of carbonyl (C=O) groups is 1. The molecule has 0 saturated carbocycles. The lowest BCUT2D eigenvalue weighted by Crippen LogP contribution is -2.39. The van der Waals surface area contributed by atoms with Crippen LogP contribution in [0.2, 0.25) is 0 Å². The summed E-state index contributed by atoms with van der Waals surface area (Å²) in [5.74, 6) is 0.108. The Bertz CT molecular complexity index is 428. The second-order valence-electron chi connectivity index (χ2n) is 5.39. The lowest BCUT2D eigenvalue weighted by atomic mass is 10.1. The molecule has 3 nitrogen and oxygen atoms in total. The molecule has 1 amide bonds. The van der Waals surface area contributed by atoms with Crippen LogP contribution in [-0.2, 0) is 11.2 Å². The van der Waals surface area contributed by atoms with Gasteiger partial charge in [-0.3, -0.25) is 9.69 Å². The first-order valence-electron chi connectivity index (χ1n) is 6.65. The number of hydrogen-bond acceptors (Lipinski definition) is 2. The van der Waals surface area contributed by atoms with E-state index in [9.17, 15) is 4.79 Å². The number of benzene rings is 1. The second kappa shape index (κ2) is 5.53. The average Bonchev–Trinajstić information content (AvgIpc) is 2.71. The molecule has 98 valence electrons. The molecule has 0 aliphatic heterocycles. The van der Waals surface area contributed by atoms with Crippen LogP contribution in [0.3, 0.4) is 0 Å². The van der Waals surface area contributed by atoms with Crippen LogP contribution in [0.4, 0.5) is 0 Å². The van der Waals surface area contributed by atoms with Crippen molar-refractivity contribution in [3.05, 3.63) is 35.4 Å². The van der Waals surface area contributed by atoms with Gasteiger partial charge in [0.1, 0.15) is 0 Å². The lowest BCUT2D eigenvalue weighted by molar-refractivity contribution is -0.122. The van der Waals surface area contributed by atoms with Gasteiger partial charge in [0.05, 0.1) is 6.54 Å². The van der Waals surface area contributed by atoms with E-state index in [0.717, 1.165) is 12.8 Å². The minimum absolute atomic E-state index is 0.108. The molecule has 0 aromatic heterocycles. The Hall–Kier alpha value is -1.35. The van der Waals surface area contributed by atoms with Crippen LogP contribution in [-0.4, -0.2) is 30.4 Å². The summed E-state index contributed by atoms with van der Waals surface area (Å²) in [6.45, 7) is 4.45. The van der Waals surface area contributed by atoms with Crippen molar-refractivity contribution in [2.45, 2.75) is 38.8 Å². The molecule has 1 aromatic carbocycles. The third-order valence-electron chi connectivity index (χ3n) is 3.48. The number of carbonyl (C=O) groups excluding carboxylic acids is 1. The summed E-state index contributed by atoms with van der Waals surface area (Å²) in [5.41, 5.74) is 2.82. The third kappa shape index (κ3) is 2.91. The molecular weight excluding hydrogens is 224 g/mol. The fraction of sp³-hybridized carbons (Fsp3) is 0.533. The quantitative estimate of drug-likeness (QED) is 0.882. The van der Waals surface area contributed by atoms with Gasteiger partial charge < -0.3 is 5.32 Å². The molecule has 1 aliphatic carbocycles. The van der Waals surface area contributed by atoms with E-state index in [1.54, 1.807) is 0 Å². The van der Waals surface area contributed by atoms with Gasteiger partial charge in [-0.1, -0.05) is 24.3 Å². The third-order valence-corrected chi connectivity index (χ3v) is 3.48. The zero-order valence-electron chi connectivity index (χ0n) is 11.4. The van der Waals surface area contributed by atoms with Crippen molar-refractivity contribution in [2.24, 2.45) is 0 Å². The highest BCUT2D eigenvalue weighted by Crippen LogP contribution is 2.34. The van der Waals surface area contributed by atoms with Crippen molar-refractivity contribution >= 4 is 5.91 Å². The van der Waals surface area contributed by atoms with Crippen LogP contribution in [0, 0.1) is 0 Å². The number of amides is 1. The standard InChI is InChI=1S/C15H22N2O/c1-11(2)16-15(18)10-17(3)14-9-8-12-6-4-5-7-13(12)14/h4-7,11,14H,8-10H2,1-3H3,(H,16,18). The second-order valence-corrected chi connectivity index (χ2v) is 5.39. The maximum absolute atomic E-state index is 11.8. The fourth-order valence-corrected chi connectivity index (χ4v) is 2.70. The maximum Gasteiger partial charge on any atom is 0.234 e. The molecule has 1 aromatic rings. The molecule has 0 radical (unpaired) electrons. The molecule has 0 fully saturated rings. The van der Waals surface area contributed by atoms with Gasteiger partial charge in [0.2, 0.25) is 5.91 Å². The first-order chi connectivity index (χ1) is 8.58. The number of rotatable bonds is 4. The molecule has 1 N–H and O–H groups in total. The van der Waals surface area contributed by atoms with Crippen molar-refractivity contribution in [3.63, 3.8) is 0 Å². The molecule has 0 bridgehead atoms. The number of hydrogen-bond donors (Lipinski definition) is 1. The average molecular weight is 246 g/mol. The Morgan fingerprint density at radius 1 is 1.44 bits per heavy atom. The van der Waals surface area contributed by atoms with Gasteiger partial charge in [-0.2, -0.15) is 0 Å². The van der Waals surface area contributed by atoms with Gasteiger partial charge in [-0.05, 0) is 44.9 Å². The lowest BCUT2D eigenvalue weighted by Gasteiger charge is -2.25. The molecule has 1 aliphatic rings. The van der Waals surface area contributed by atoms with Crippen molar-refractivity contribution in [2.75, 3.05) is 13.6 Å². The Balaban J connectivity index is 1.99. The minimum atomic E-state index is 0.108. The van der Waals surface area contributed by atoms with Crippen molar-refractivity contribution in [3.8, 4) is 0 Å². The fourth-order valence-electron chi connectivity index (χ4n) is 2.70. The molecule has 2 rings (SSSR count). The molecule has 18 heavy (non-hydrogen) atoms. The Kier molecular flexibility index (Phi) is 4.02. The number of likely N-dealkylation sites (N-methyl/N-ethyl adjacent to an activating group) is 1. The van der Waals surface area contributed by atoms with Crippen LogP contribution >= 0.6 is 0 Å². The smallest absolute Gasteiger partial charge is 0.234 e. The first kappa shape index (κ1) is 13.1. The van der Waals surface area contributed by atoms with Crippen molar-refractivity contribution in [1.82, 2.24) is 10.2 Å². The van der Waals surface area contributed by atoms with Gasteiger partial charge >= 0.3 is 0 Å². The van der Waals surface area contributed by atoms with Gasteiger partial charge in [0.25, 0.3) is 0 Å². The van der Waals surface area contributed by atoms with E-state index in [2.05, 4.69) is 34.5 Å². The van der Waals surface area contributed by atoms with E-state index in [1.165, 1.54) is 11.1 Å². The van der Waals surface area contributed by atoms with Crippen LogP contribution in [0.15, 0.2) is 24.3 Å². The highest BCUT2D eigenvalue weighted by atomic mass is 16.2. The van der Waals surface area contributed by atoms with Gasteiger partial charge in [0.15, 0.2) is 0 Å². The number of fused-ring (bicyclic) bond motifs is 1. The normalized spacial score (nSPS) is 18.2. The van der Waals surface area contributed by atoms with E-state index >= 15 is 0 Å². The van der Waals surface area contributed by atoms with Crippen molar-refractivity contribution < 1.29 is 4.79 Å². The summed E-state index contributed by atoms with van der Waals surface area (Å²) < 4.78 is 0. The van der Waals surface area contributed by atoms with E-state index in [4.69, 9.17) is 0 Å². The molecule has 0 spiro atoms. The SMILES string of the molecule is CC(C)NC(=O)CN(C)C1CCc2ccccc21. The van der Waals surface area contributed by atoms with Crippen molar-refractivity contribution in [1.29, 1.82) is 0 Å². The minimum Gasteiger partial charge on any atom is -0.353 e. The van der Waals surface area contributed by atoms with Gasteiger partial charge in [-0.15, -0.1) is 0 Å². The summed E-state index contributed by atoms with van der Waals surface area (Å²) >= 11 is 0. The number of nitrogens with one attached hydrogen (secondary N) is 1. The molecule has 0 saturated heterocycles. The van der Waals surface area contributed by atoms with Crippen LogP contribution < -0.4 is 5.32 Å². The summed E-state index contributed by atoms with van der Waals surface area (Å²) in [6, 6.07) is 9.15. The Morgan fingerprint density at radius 3 is 2.89 bits per heavy atom. The van der Waals surface area contributed by atoms with Crippen LogP contribution in [0.1, 0.15) is 37.4 Å². The highest BCUT2D eigenvalue weighted by Gasteiger charge is 2.26. The maximum atomic E-state index is 11.8. The van der Waals surface area contributed by atoms with Crippen LogP contribution in [0.5, 0.6) is 0 Å². The molecular formula is C15H22N2O. The molecule has 3 heteroatoms. The zero-order valence-corrected chi connectivity index (χ0v) is 11.4. The van der Waals surface area contributed by atoms with Crippen LogP contribution in [0.25, 0.3) is 0 Å². The summed E-state index contributed by atoms with van der Waals surface area (Å²) in [5, 5.41) is 2.94.